The van der Waals surface area contributed by atoms with Crippen LogP contribution in [0.4, 0.5) is 10.1 Å². The van der Waals surface area contributed by atoms with Gasteiger partial charge in [0.15, 0.2) is 0 Å². The first-order valence-corrected chi connectivity index (χ1v) is 7.11. The number of pyridine rings is 1. The molecule has 3 aromatic rings. The van der Waals surface area contributed by atoms with E-state index in [0.717, 1.165) is 11.1 Å². The molecule has 0 aliphatic rings. The molecular formula is C17H14FN5. The van der Waals surface area contributed by atoms with Crippen LogP contribution in [0.2, 0.25) is 0 Å². The third-order valence-corrected chi connectivity index (χ3v) is 3.29. The Labute approximate surface area is 133 Å². The molecule has 0 aliphatic carbocycles. The average Bonchev–Trinajstić information content (AvgIpc) is 2.62. The van der Waals surface area contributed by atoms with Gasteiger partial charge in [-0.15, -0.1) is 0 Å². The van der Waals surface area contributed by atoms with E-state index in [2.05, 4.69) is 25.2 Å². The predicted octanol–water partition coefficient (Wildman–Crippen LogP) is 4.08. The van der Waals surface area contributed by atoms with E-state index >= 15 is 0 Å². The minimum atomic E-state index is -0.253. The van der Waals surface area contributed by atoms with E-state index in [0.29, 0.717) is 12.1 Å². The van der Waals surface area contributed by atoms with Crippen molar-refractivity contribution < 1.29 is 4.39 Å². The summed E-state index contributed by atoms with van der Waals surface area (Å²) >= 11 is 0. The Kier molecular flexibility index (Phi) is 4.73. The number of benzene rings is 1. The largest absolute Gasteiger partial charge is 0.265 e. The molecule has 0 fully saturated rings. The van der Waals surface area contributed by atoms with Crippen molar-refractivity contribution in [2.24, 2.45) is 10.2 Å². The van der Waals surface area contributed by atoms with E-state index < -0.39 is 0 Å². The summed E-state index contributed by atoms with van der Waals surface area (Å²) in [6.45, 7) is 0. The van der Waals surface area contributed by atoms with Crippen molar-refractivity contribution >= 4 is 5.69 Å². The Morgan fingerprint density at radius 3 is 2.30 bits per heavy atom. The normalized spacial score (nSPS) is 12.4. The molecule has 0 amide bonds. The number of halogens is 1. The van der Waals surface area contributed by atoms with Crippen molar-refractivity contribution in [1.29, 1.82) is 0 Å². The van der Waals surface area contributed by atoms with Gasteiger partial charge in [-0.2, -0.15) is 10.2 Å². The van der Waals surface area contributed by atoms with Crippen molar-refractivity contribution in [2.45, 2.75) is 12.5 Å². The molecule has 0 spiro atoms. The summed E-state index contributed by atoms with van der Waals surface area (Å²) < 4.78 is 13.1. The molecule has 0 aliphatic heterocycles. The molecule has 114 valence electrons. The van der Waals surface area contributed by atoms with Crippen molar-refractivity contribution in [3.8, 4) is 0 Å². The average molecular weight is 307 g/mol. The fraction of sp³-hybridized carbons (Fsp3) is 0.118. The molecule has 0 saturated heterocycles. The van der Waals surface area contributed by atoms with Crippen LogP contribution in [0.5, 0.6) is 0 Å². The van der Waals surface area contributed by atoms with Crippen molar-refractivity contribution in [2.75, 3.05) is 0 Å². The van der Waals surface area contributed by atoms with Crippen molar-refractivity contribution in [3.05, 3.63) is 84.5 Å². The summed E-state index contributed by atoms with van der Waals surface area (Å²) in [5, 5.41) is 8.61. The predicted molar refractivity (Wildman–Crippen MR) is 83.6 cm³/mol. The van der Waals surface area contributed by atoms with Crippen molar-refractivity contribution in [1.82, 2.24) is 15.0 Å². The molecule has 0 radical (unpaired) electrons. The number of hydrogen-bond donors (Lipinski definition) is 0. The Balaban J connectivity index is 1.85. The molecule has 3 rings (SSSR count). The maximum atomic E-state index is 13.1. The number of aromatic nitrogens is 3. The van der Waals surface area contributed by atoms with Gasteiger partial charge in [0.25, 0.3) is 0 Å². The van der Waals surface area contributed by atoms with Crippen LogP contribution in [-0.4, -0.2) is 15.0 Å². The monoisotopic (exact) mass is 307 g/mol. The molecule has 1 aromatic carbocycles. The summed E-state index contributed by atoms with van der Waals surface area (Å²) in [4.78, 5) is 11.8. The molecule has 6 heteroatoms. The van der Waals surface area contributed by atoms with Crippen LogP contribution < -0.4 is 0 Å². The van der Waals surface area contributed by atoms with E-state index in [1.807, 2.05) is 12.1 Å². The molecule has 0 N–H and O–H groups in total. The van der Waals surface area contributed by atoms with Gasteiger partial charge in [0.05, 0.1) is 12.4 Å². The number of hydrogen-bond acceptors (Lipinski definition) is 5. The topological polar surface area (TPSA) is 63.4 Å². The van der Waals surface area contributed by atoms with E-state index in [1.54, 1.807) is 36.9 Å². The Morgan fingerprint density at radius 2 is 1.61 bits per heavy atom. The van der Waals surface area contributed by atoms with Gasteiger partial charge in [0.1, 0.15) is 23.9 Å². The van der Waals surface area contributed by atoms with E-state index in [1.165, 1.54) is 18.5 Å². The molecule has 1 atom stereocenters. The fourth-order valence-electron chi connectivity index (χ4n) is 2.13. The summed E-state index contributed by atoms with van der Waals surface area (Å²) in [7, 11) is 0. The zero-order valence-electron chi connectivity index (χ0n) is 12.2. The van der Waals surface area contributed by atoms with Gasteiger partial charge in [0.2, 0.25) is 0 Å². The lowest BCUT2D eigenvalue weighted by molar-refractivity contribution is 0.624. The second kappa shape index (κ2) is 7.31. The standard InChI is InChI=1S/C17H14FN5/c18-15-3-1-13(2-4-15)9-17(14-5-7-19-8-6-14)23-22-16-10-20-12-21-11-16/h1-8,10-12,17H,9H2. The number of rotatable bonds is 5. The highest BCUT2D eigenvalue weighted by molar-refractivity contribution is 5.28. The molecule has 0 bridgehead atoms. The van der Waals surface area contributed by atoms with Crippen LogP contribution in [-0.2, 0) is 6.42 Å². The maximum absolute atomic E-state index is 13.1. The Morgan fingerprint density at radius 1 is 0.913 bits per heavy atom. The maximum Gasteiger partial charge on any atom is 0.123 e. The van der Waals surface area contributed by atoms with Gasteiger partial charge in [-0.05, 0) is 35.4 Å². The van der Waals surface area contributed by atoms with Gasteiger partial charge in [0, 0.05) is 18.8 Å². The Hall–Kier alpha value is -3.02. The van der Waals surface area contributed by atoms with Crippen LogP contribution in [0.15, 0.2) is 77.7 Å². The minimum absolute atomic E-state index is 0.191. The first-order chi connectivity index (χ1) is 11.3. The molecule has 1 unspecified atom stereocenters. The lowest BCUT2D eigenvalue weighted by atomic mass is 10.0. The van der Waals surface area contributed by atoms with Crippen LogP contribution in [0.1, 0.15) is 17.2 Å². The van der Waals surface area contributed by atoms with Crippen LogP contribution >= 0.6 is 0 Å². The second-order valence-electron chi connectivity index (χ2n) is 4.94. The minimum Gasteiger partial charge on any atom is -0.265 e. The SMILES string of the molecule is Fc1ccc(CC(N=Nc2cncnc2)c2ccncc2)cc1. The van der Waals surface area contributed by atoms with Crippen LogP contribution in [0, 0.1) is 5.82 Å². The van der Waals surface area contributed by atoms with Gasteiger partial charge in [-0.25, -0.2) is 14.4 Å². The molecule has 5 nitrogen and oxygen atoms in total. The highest BCUT2D eigenvalue weighted by atomic mass is 19.1. The fourth-order valence-corrected chi connectivity index (χ4v) is 2.13. The van der Waals surface area contributed by atoms with Crippen LogP contribution in [0.25, 0.3) is 0 Å². The quantitative estimate of drug-likeness (QED) is 0.667. The number of nitrogens with zero attached hydrogens (tertiary/aromatic N) is 5. The lowest BCUT2D eigenvalue weighted by Gasteiger charge is -2.11. The van der Waals surface area contributed by atoms with Gasteiger partial charge >= 0.3 is 0 Å². The van der Waals surface area contributed by atoms with E-state index in [9.17, 15) is 4.39 Å². The molecule has 0 saturated carbocycles. The zero-order valence-corrected chi connectivity index (χ0v) is 12.2. The molecule has 23 heavy (non-hydrogen) atoms. The van der Waals surface area contributed by atoms with Gasteiger partial charge in [-0.3, -0.25) is 4.98 Å². The zero-order chi connectivity index (χ0) is 15.9. The smallest absolute Gasteiger partial charge is 0.123 e. The summed E-state index contributed by atoms with van der Waals surface area (Å²) in [5.74, 6) is -0.253. The van der Waals surface area contributed by atoms with Crippen LogP contribution in [0.3, 0.4) is 0 Å². The third kappa shape index (κ3) is 4.23. The van der Waals surface area contributed by atoms with Gasteiger partial charge in [-0.1, -0.05) is 12.1 Å². The van der Waals surface area contributed by atoms with Gasteiger partial charge < -0.3 is 0 Å². The lowest BCUT2D eigenvalue weighted by Crippen LogP contribution is -2.00. The Bertz CT molecular complexity index is 760. The second-order valence-corrected chi connectivity index (χ2v) is 4.94. The summed E-state index contributed by atoms with van der Waals surface area (Å²) in [6.07, 6.45) is 8.68. The molecule has 2 heterocycles. The first-order valence-electron chi connectivity index (χ1n) is 7.11. The van der Waals surface area contributed by atoms with E-state index in [-0.39, 0.29) is 11.9 Å². The third-order valence-electron chi connectivity index (χ3n) is 3.29. The molecular weight excluding hydrogens is 293 g/mol. The molecule has 2 aromatic heterocycles. The highest BCUT2D eigenvalue weighted by Crippen LogP contribution is 2.24. The highest BCUT2D eigenvalue weighted by Gasteiger charge is 2.11. The summed E-state index contributed by atoms with van der Waals surface area (Å²) in [6, 6.07) is 10.0. The summed E-state index contributed by atoms with van der Waals surface area (Å²) in [5.41, 5.74) is 2.56. The number of azo groups is 1. The van der Waals surface area contributed by atoms with E-state index in [4.69, 9.17) is 0 Å². The first kappa shape index (κ1) is 14.9. The van der Waals surface area contributed by atoms with Crippen molar-refractivity contribution in [3.63, 3.8) is 0 Å².